The number of halogens is 2. The van der Waals surface area contributed by atoms with Gasteiger partial charge in [0, 0.05) is 24.4 Å². The monoisotopic (exact) mass is 374 g/mol. The van der Waals surface area contributed by atoms with Crippen molar-refractivity contribution in [3.8, 4) is 0 Å². The van der Waals surface area contributed by atoms with Crippen molar-refractivity contribution in [3.05, 3.63) is 82.3 Å². The Bertz CT molecular complexity index is 819. The van der Waals surface area contributed by atoms with Gasteiger partial charge in [-0.25, -0.2) is 4.39 Å². The van der Waals surface area contributed by atoms with Gasteiger partial charge in [-0.2, -0.15) is 0 Å². The highest BCUT2D eigenvalue weighted by Gasteiger charge is 2.21. The average Bonchev–Trinajstić information content (AvgIpc) is 2.62. The lowest BCUT2D eigenvalue weighted by Gasteiger charge is -2.14. The van der Waals surface area contributed by atoms with Gasteiger partial charge in [0.2, 0.25) is 5.78 Å². The zero-order chi connectivity index (χ0) is 19.1. The van der Waals surface area contributed by atoms with E-state index in [1.54, 1.807) is 43.3 Å². The molecule has 0 fully saturated rings. The van der Waals surface area contributed by atoms with Crippen LogP contribution in [0.15, 0.2) is 60.3 Å². The maximum Gasteiger partial charge on any atom is 0.256 e. The van der Waals surface area contributed by atoms with Gasteiger partial charge < -0.3 is 10.6 Å². The number of rotatable bonds is 7. The van der Waals surface area contributed by atoms with Crippen LogP contribution in [0.1, 0.15) is 35.8 Å². The summed E-state index contributed by atoms with van der Waals surface area (Å²) in [6, 6.07) is 12.3. The van der Waals surface area contributed by atoms with Gasteiger partial charge in [-0.3, -0.25) is 9.59 Å². The van der Waals surface area contributed by atoms with E-state index in [1.165, 1.54) is 18.3 Å². The van der Waals surface area contributed by atoms with E-state index in [9.17, 15) is 14.0 Å². The van der Waals surface area contributed by atoms with Crippen molar-refractivity contribution in [1.29, 1.82) is 0 Å². The summed E-state index contributed by atoms with van der Waals surface area (Å²) >= 11 is 6.08. The van der Waals surface area contributed by atoms with Crippen LogP contribution in [0.25, 0.3) is 0 Å². The number of benzene rings is 2. The number of hydrogen-bond acceptors (Lipinski definition) is 3. The molecule has 0 heterocycles. The number of nitrogens with one attached hydrogen (secondary N) is 2. The van der Waals surface area contributed by atoms with Gasteiger partial charge in [-0.15, -0.1) is 0 Å². The second kappa shape index (κ2) is 9.15. The number of carbonyl (C=O) groups excluding carboxylic acids is 2. The van der Waals surface area contributed by atoms with Crippen LogP contribution in [0.3, 0.4) is 0 Å². The lowest BCUT2D eigenvalue weighted by Crippen LogP contribution is -2.30. The second-order valence-electron chi connectivity index (χ2n) is 5.67. The fourth-order valence-electron chi connectivity index (χ4n) is 2.34. The van der Waals surface area contributed by atoms with E-state index in [-0.39, 0.29) is 28.0 Å². The Hall–Kier alpha value is -2.66. The molecule has 0 aromatic heterocycles. The first-order valence-corrected chi connectivity index (χ1v) is 8.61. The first-order chi connectivity index (χ1) is 12.4. The molecule has 0 aliphatic heterocycles. The van der Waals surface area contributed by atoms with E-state index in [2.05, 4.69) is 10.6 Å². The molecule has 4 nitrogen and oxygen atoms in total. The van der Waals surface area contributed by atoms with E-state index in [0.717, 1.165) is 5.56 Å². The summed E-state index contributed by atoms with van der Waals surface area (Å²) in [6.45, 7) is 4.00. The highest BCUT2D eigenvalue weighted by Crippen LogP contribution is 2.19. The molecule has 1 amide bonds. The van der Waals surface area contributed by atoms with E-state index in [4.69, 9.17) is 11.6 Å². The average molecular weight is 375 g/mol. The van der Waals surface area contributed by atoms with Crippen LogP contribution in [-0.2, 0) is 4.79 Å². The van der Waals surface area contributed by atoms with Crippen molar-refractivity contribution in [2.24, 2.45) is 0 Å². The van der Waals surface area contributed by atoms with Crippen LogP contribution in [0, 0.1) is 5.82 Å². The minimum atomic E-state index is -0.490. The normalized spacial score (nSPS) is 12.4. The minimum absolute atomic E-state index is 0.0473. The van der Waals surface area contributed by atoms with Gasteiger partial charge in [-0.1, -0.05) is 35.9 Å². The Labute approximate surface area is 157 Å². The molecule has 2 N–H and O–H groups in total. The number of amides is 1. The van der Waals surface area contributed by atoms with Crippen LogP contribution in [0.2, 0.25) is 5.02 Å². The number of likely N-dealkylation sites (N-methyl/N-ethyl adjacent to an activating group) is 1. The molecule has 0 saturated carbocycles. The third-order valence-electron chi connectivity index (χ3n) is 3.79. The van der Waals surface area contributed by atoms with Crippen LogP contribution in [0.5, 0.6) is 0 Å². The topological polar surface area (TPSA) is 58.2 Å². The smallest absolute Gasteiger partial charge is 0.256 e. The molecule has 2 rings (SSSR count). The lowest BCUT2D eigenvalue weighted by molar-refractivity contribution is -0.117. The molecule has 6 heteroatoms. The van der Waals surface area contributed by atoms with Gasteiger partial charge >= 0.3 is 0 Å². The first-order valence-electron chi connectivity index (χ1n) is 8.23. The molecule has 0 aliphatic rings. The van der Waals surface area contributed by atoms with Crippen molar-refractivity contribution in [2.75, 3.05) is 6.54 Å². The van der Waals surface area contributed by atoms with Crippen LogP contribution >= 0.6 is 11.6 Å². The Kier molecular flexibility index (Phi) is 6.92. The van der Waals surface area contributed by atoms with Crippen molar-refractivity contribution < 1.29 is 14.0 Å². The fraction of sp³-hybridized carbons (Fsp3) is 0.200. The van der Waals surface area contributed by atoms with Gasteiger partial charge in [0.05, 0.1) is 5.02 Å². The Morgan fingerprint density at radius 1 is 1.15 bits per heavy atom. The molecule has 1 unspecified atom stereocenters. The van der Waals surface area contributed by atoms with Crippen molar-refractivity contribution >= 4 is 23.3 Å². The summed E-state index contributed by atoms with van der Waals surface area (Å²) in [6.07, 6.45) is 1.38. The standard InChI is InChI=1S/C20H20ClFN2O2/c1-3-23-20(26)17(19(25)16-6-4-5-7-18(16)21)12-24-13(2)14-8-10-15(22)11-9-14/h4-13,24H,3H2,1-2H3,(H,23,26)/b17-12+. The molecule has 1 atom stereocenters. The molecule has 0 spiro atoms. The summed E-state index contributed by atoms with van der Waals surface area (Å²) in [5, 5.41) is 5.92. The molecular weight excluding hydrogens is 355 g/mol. The molecule has 0 radical (unpaired) electrons. The Morgan fingerprint density at radius 3 is 2.42 bits per heavy atom. The highest BCUT2D eigenvalue weighted by atomic mass is 35.5. The molecular formula is C20H20ClFN2O2. The second-order valence-corrected chi connectivity index (χ2v) is 6.07. The molecule has 136 valence electrons. The SMILES string of the molecule is CCNC(=O)/C(=C/NC(C)c1ccc(F)cc1)C(=O)c1ccccc1Cl. The number of hydrogen-bond donors (Lipinski definition) is 2. The van der Waals surface area contributed by atoms with Crippen molar-refractivity contribution in [1.82, 2.24) is 10.6 Å². The Balaban J connectivity index is 2.27. The third-order valence-corrected chi connectivity index (χ3v) is 4.12. The van der Waals surface area contributed by atoms with Crippen molar-refractivity contribution in [3.63, 3.8) is 0 Å². The van der Waals surface area contributed by atoms with Gasteiger partial charge in [0.15, 0.2) is 0 Å². The molecule has 2 aromatic carbocycles. The molecule has 0 bridgehead atoms. The number of Topliss-reactive ketones (excluding diaryl/α,β-unsaturated/α-hetero) is 1. The van der Waals surface area contributed by atoms with Crippen molar-refractivity contribution in [2.45, 2.75) is 19.9 Å². The van der Waals surface area contributed by atoms with E-state index < -0.39 is 11.7 Å². The largest absolute Gasteiger partial charge is 0.384 e. The summed E-state index contributed by atoms with van der Waals surface area (Å²) < 4.78 is 13.0. The zero-order valence-corrected chi connectivity index (χ0v) is 15.3. The predicted molar refractivity (Wildman–Crippen MR) is 100 cm³/mol. The van der Waals surface area contributed by atoms with E-state index >= 15 is 0 Å². The Morgan fingerprint density at radius 2 is 1.81 bits per heavy atom. The van der Waals surface area contributed by atoms with E-state index in [0.29, 0.717) is 6.54 Å². The minimum Gasteiger partial charge on any atom is -0.384 e. The molecule has 26 heavy (non-hydrogen) atoms. The van der Waals surface area contributed by atoms with Crippen LogP contribution < -0.4 is 10.6 Å². The predicted octanol–water partition coefficient (Wildman–Crippen LogP) is 4.03. The number of carbonyl (C=O) groups is 2. The maximum atomic E-state index is 13.0. The lowest BCUT2D eigenvalue weighted by atomic mass is 10.0. The fourth-order valence-corrected chi connectivity index (χ4v) is 2.56. The summed E-state index contributed by atoms with van der Waals surface area (Å²) in [5.74, 6) is -1.29. The van der Waals surface area contributed by atoms with Gasteiger partial charge in [0.25, 0.3) is 5.91 Å². The third kappa shape index (κ3) is 4.92. The van der Waals surface area contributed by atoms with Gasteiger partial charge in [0.1, 0.15) is 11.4 Å². The van der Waals surface area contributed by atoms with Crippen LogP contribution in [0.4, 0.5) is 4.39 Å². The zero-order valence-electron chi connectivity index (χ0n) is 14.6. The first kappa shape index (κ1) is 19.7. The summed E-state index contributed by atoms with van der Waals surface area (Å²) in [5.41, 5.74) is 1.03. The molecule has 2 aromatic rings. The van der Waals surface area contributed by atoms with Gasteiger partial charge in [-0.05, 0) is 43.7 Å². The summed E-state index contributed by atoms with van der Waals surface area (Å²) in [7, 11) is 0. The maximum absolute atomic E-state index is 13.0. The quantitative estimate of drug-likeness (QED) is 0.333. The molecule has 0 saturated heterocycles. The van der Waals surface area contributed by atoms with E-state index in [1.807, 2.05) is 6.92 Å². The summed E-state index contributed by atoms with van der Waals surface area (Å²) in [4.78, 5) is 25.1. The number of ketones is 1. The molecule has 0 aliphatic carbocycles. The highest BCUT2D eigenvalue weighted by molar-refractivity contribution is 6.37. The van der Waals surface area contributed by atoms with Crippen LogP contribution in [-0.4, -0.2) is 18.2 Å².